The van der Waals surface area contributed by atoms with Gasteiger partial charge in [-0.3, -0.25) is 9.69 Å². The number of likely N-dealkylation sites (tertiary alicyclic amines) is 1. The van der Waals surface area contributed by atoms with E-state index in [2.05, 4.69) is 20.5 Å². The molecule has 27 heavy (non-hydrogen) atoms. The van der Waals surface area contributed by atoms with E-state index in [1.54, 1.807) is 19.4 Å². The number of carbonyl (C=O) groups excluding carboxylic acids is 1. The summed E-state index contributed by atoms with van der Waals surface area (Å²) < 4.78 is 4.93. The van der Waals surface area contributed by atoms with Crippen molar-refractivity contribution in [2.24, 2.45) is 0 Å². The van der Waals surface area contributed by atoms with Gasteiger partial charge in [0.1, 0.15) is 5.82 Å². The van der Waals surface area contributed by atoms with Crippen LogP contribution in [0, 0.1) is 0 Å². The molecule has 7 heteroatoms. The second kappa shape index (κ2) is 10.0. The maximum Gasteiger partial charge on any atom is 0.252 e. The fourth-order valence-corrected chi connectivity index (χ4v) is 4.08. The first kappa shape index (κ1) is 20.0. The molecule has 0 bridgehead atoms. The van der Waals surface area contributed by atoms with Gasteiger partial charge in [-0.25, -0.2) is 4.98 Å². The second-order valence-corrected chi connectivity index (χ2v) is 7.55. The van der Waals surface area contributed by atoms with Gasteiger partial charge in [-0.05, 0) is 37.8 Å². The number of anilines is 1. The van der Waals surface area contributed by atoms with Crippen LogP contribution in [0.3, 0.4) is 0 Å². The molecule has 0 aromatic carbocycles. The number of hydrogen-bond donors (Lipinski definition) is 3. The lowest BCUT2D eigenvalue weighted by molar-refractivity contribution is 0.00992. The van der Waals surface area contributed by atoms with Crippen LogP contribution in [-0.4, -0.2) is 72.4 Å². The molecule has 1 aliphatic heterocycles. The molecule has 2 aliphatic rings. The predicted molar refractivity (Wildman–Crippen MR) is 105 cm³/mol. The number of nitrogens with one attached hydrogen (secondary N) is 2. The minimum atomic E-state index is -0.160. The fraction of sp³-hybridized carbons (Fsp3) is 0.700. The normalized spacial score (nSPS) is 24.5. The molecular weight excluding hydrogens is 344 g/mol. The van der Waals surface area contributed by atoms with Crippen LogP contribution >= 0.6 is 0 Å². The summed E-state index contributed by atoms with van der Waals surface area (Å²) in [5, 5.41) is 16.5. The zero-order valence-electron chi connectivity index (χ0n) is 16.2. The Balaban J connectivity index is 1.44. The number of rotatable bonds is 7. The SMILES string of the molecule is COCCNC(=O)c1ccc(NC2CCN(C3CCCCC3O)CC2)nc1. The summed E-state index contributed by atoms with van der Waals surface area (Å²) in [5.41, 5.74) is 0.553. The first-order chi connectivity index (χ1) is 13.2. The molecule has 1 aromatic heterocycles. The molecule has 3 rings (SSSR count). The lowest BCUT2D eigenvalue weighted by Gasteiger charge is -2.41. The third-order valence-electron chi connectivity index (χ3n) is 5.66. The molecule has 2 fully saturated rings. The van der Waals surface area contributed by atoms with Crippen molar-refractivity contribution in [3.8, 4) is 0 Å². The van der Waals surface area contributed by atoms with Crippen LogP contribution in [0.25, 0.3) is 0 Å². The third-order valence-corrected chi connectivity index (χ3v) is 5.66. The van der Waals surface area contributed by atoms with Crippen molar-refractivity contribution in [1.29, 1.82) is 0 Å². The summed E-state index contributed by atoms with van der Waals surface area (Å²) in [6.07, 6.45) is 7.99. The average molecular weight is 377 g/mol. The highest BCUT2D eigenvalue weighted by Crippen LogP contribution is 2.26. The van der Waals surface area contributed by atoms with Gasteiger partial charge in [0.2, 0.25) is 0 Å². The van der Waals surface area contributed by atoms with E-state index in [9.17, 15) is 9.90 Å². The van der Waals surface area contributed by atoms with Gasteiger partial charge >= 0.3 is 0 Å². The van der Waals surface area contributed by atoms with Crippen molar-refractivity contribution in [2.45, 2.75) is 56.7 Å². The Kier molecular flexibility index (Phi) is 7.43. The molecule has 1 aromatic rings. The van der Waals surface area contributed by atoms with E-state index in [4.69, 9.17) is 4.74 Å². The molecule has 2 heterocycles. The molecule has 2 atom stereocenters. The summed E-state index contributed by atoms with van der Waals surface area (Å²) in [6.45, 7) is 3.01. The molecule has 0 spiro atoms. The van der Waals surface area contributed by atoms with Crippen molar-refractivity contribution in [2.75, 3.05) is 38.7 Å². The number of pyridine rings is 1. The van der Waals surface area contributed by atoms with Crippen LogP contribution in [0.5, 0.6) is 0 Å². The number of amides is 1. The molecule has 7 nitrogen and oxygen atoms in total. The molecule has 1 aliphatic carbocycles. The quantitative estimate of drug-likeness (QED) is 0.627. The Morgan fingerprint density at radius 2 is 2.04 bits per heavy atom. The molecule has 0 radical (unpaired) electrons. The highest BCUT2D eigenvalue weighted by Gasteiger charge is 2.31. The van der Waals surface area contributed by atoms with Gasteiger partial charge in [-0.15, -0.1) is 0 Å². The standard InChI is InChI=1S/C20H32N4O3/c1-27-13-10-21-20(26)15-6-7-19(22-14-15)23-16-8-11-24(12-9-16)17-4-2-3-5-18(17)25/h6-7,14,16-18,25H,2-5,8-13H2,1H3,(H,21,26)(H,22,23). The number of hydrogen-bond acceptors (Lipinski definition) is 6. The van der Waals surface area contributed by atoms with Crippen molar-refractivity contribution in [3.63, 3.8) is 0 Å². The highest BCUT2D eigenvalue weighted by molar-refractivity contribution is 5.94. The topological polar surface area (TPSA) is 86.7 Å². The number of methoxy groups -OCH3 is 1. The van der Waals surface area contributed by atoms with E-state index in [0.29, 0.717) is 30.8 Å². The van der Waals surface area contributed by atoms with Crippen LogP contribution in [0.15, 0.2) is 18.3 Å². The lowest BCUT2D eigenvalue weighted by atomic mass is 9.89. The van der Waals surface area contributed by atoms with Gasteiger partial charge in [0.15, 0.2) is 0 Å². The monoisotopic (exact) mass is 376 g/mol. The molecule has 3 N–H and O–H groups in total. The number of aliphatic hydroxyl groups is 1. The number of nitrogens with zero attached hydrogens (tertiary/aromatic N) is 2. The maximum absolute atomic E-state index is 12.0. The zero-order valence-corrected chi connectivity index (χ0v) is 16.2. The van der Waals surface area contributed by atoms with E-state index in [-0.39, 0.29) is 12.0 Å². The van der Waals surface area contributed by atoms with Gasteiger partial charge in [0.05, 0.1) is 18.3 Å². The van der Waals surface area contributed by atoms with Gasteiger partial charge in [-0.1, -0.05) is 12.8 Å². The number of carbonyl (C=O) groups is 1. The second-order valence-electron chi connectivity index (χ2n) is 7.55. The summed E-state index contributed by atoms with van der Waals surface area (Å²) in [7, 11) is 1.61. The number of piperidine rings is 1. The van der Waals surface area contributed by atoms with Crippen molar-refractivity contribution < 1.29 is 14.6 Å². The smallest absolute Gasteiger partial charge is 0.252 e. The summed E-state index contributed by atoms with van der Waals surface area (Å²) in [5.74, 6) is 0.671. The molecule has 1 amide bonds. The Morgan fingerprint density at radius 1 is 1.26 bits per heavy atom. The van der Waals surface area contributed by atoms with Gasteiger partial charge in [0.25, 0.3) is 5.91 Å². The Labute approximate surface area is 161 Å². The number of aliphatic hydroxyl groups excluding tert-OH is 1. The van der Waals surface area contributed by atoms with E-state index in [1.807, 2.05) is 6.07 Å². The van der Waals surface area contributed by atoms with E-state index in [0.717, 1.165) is 51.0 Å². The molecule has 1 saturated carbocycles. The first-order valence-corrected chi connectivity index (χ1v) is 10.1. The van der Waals surface area contributed by atoms with E-state index in [1.165, 1.54) is 6.42 Å². The van der Waals surface area contributed by atoms with Crippen molar-refractivity contribution in [1.82, 2.24) is 15.2 Å². The van der Waals surface area contributed by atoms with E-state index >= 15 is 0 Å². The Hall–Kier alpha value is -1.70. The van der Waals surface area contributed by atoms with Crippen molar-refractivity contribution in [3.05, 3.63) is 23.9 Å². The average Bonchev–Trinajstić information content (AvgIpc) is 2.70. The summed E-state index contributed by atoms with van der Waals surface area (Å²) in [4.78, 5) is 18.8. The molecule has 150 valence electrons. The summed E-state index contributed by atoms with van der Waals surface area (Å²) in [6, 6.07) is 4.39. The van der Waals surface area contributed by atoms with Crippen LogP contribution in [0.2, 0.25) is 0 Å². The van der Waals surface area contributed by atoms with Crippen LogP contribution in [-0.2, 0) is 4.74 Å². The first-order valence-electron chi connectivity index (χ1n) is 10.1. The maximum atomic E-state index is 12.0. The van der Waals surface area contributed by atoms with E-state index < -0.39 is 0 Å². The minimum absolute atomic E-state index is 0.134. The lowest BCUT2D eigenvalue weighted by Crippen LogP contribution is -2.50. The summed E-state index contributed by atoms with van der Waals surface area (Å²) >= 11 is 0. The Bertz CT molecular complexity index is 587. The zero-order chi connectivity index (χ0) is 19.1. The highest BCUT2D eigenvalue weighted by atomic mass is 16.5. The van der Waals surface area contributed by atoms with Gasteiger partial charge in [0, 0.05) is 45.0 Å². The largest absolute Gasteiger partial charge is 0.391 e. The van der Waals surface area contributed by atoms with Gasteiger partial charge in [-0.2, -0.15) is 0 Å². The van der Waals surface area contributed by atoms with Crippen LogP contribution < -0.4 is 10.6 Å². The van der Waals surface area contributed by atoms with Crippen LogP contribution in [0.1, 0.15) is 48.9 Å². The van der Waals surface area contributed by atoms with Crippen molar-refractivity contribution >= 4 is 11.7 Å². The fourth-order valence-electron chi connectivity index (χ4n) is 4.08. The molecule has 2 unspecified atom stereocenters. The minimum Gasteiger partial charge on any atom is -0.391 e. The number of aromatic nitrogens is 1. The Morgan fingerprint density at radius 3 is 2.70 bits per heavy atom. The third kappa shape index (κ3) is 5.64. The number of ether oxygens (including phenoxy) is 1. The molecule has 1 saturated heterocycles. The van der Waals surface area contributed by atoms with Crippen LogP contribution in [0.4, 0.5) is 5.82 Å². The molecular formula is C20H32N4O3. The van der Waals surface area contributed by atoms with Gasteiger partial charge < -0.3 is 20.5 Å². The predicted octanol–water partition coefficient (Wildman–Crippen LogP) is 1.64.